The van der Waals surface area contributed by atoms with E-state index < -0.39 is 6.23 Å². The third-order valence-corrected chi connectivity index (χ3v) is 5.50. The van der Waals surface area contributed by atoms with Crippen molar-refractivity contribution in [2.24, 2.45) is 0 Å². The summed E-state index contributed by atoms with van der Waals surface area (Å²) in [7, 11) is 0. The maximum absolute atomic E-state index is 10.8. The Kier molecular flexibility index (Phi) is 5.35. The number of rotatable bonds is 7. The lowest BCUT2D eigenvalue weighted by molar-refractivity contribution is 0.127. The van der Waals surface area contributed by atoms with E-state index in [1.54, 1.807) is 6.20 Å². The van der Waals surface area contributed by atoms with Crippen molar-refractivity contribution in [2.45, 2.75) is 18.7 Å². The summed E-state index contributed by atoms with van der Waals surface area (Å²) in [6.07, 6.45) is 2.95. The molecule has 1 unspecified atom stereocenters. The van der Waals surface area contributed by atoms with Gasteiger partial charge in [-0.3, -0.25) is 5.32 Å². The topological polar surface area (TPSA) is 96.8 Å². The van der Waals surface area contributed by atoms with E-state index in [1.807, 2.05) is 60.1 Å². The standard InChI is InChI=1S/C21H19N5OS/c22-10-6-16(14-4-2-1-3-5-14)26-21(27)19-18(9-13-28-19)25-17-8-12-24-20-15(17)7-11-23-20/h1-5,7-9,11-13,16,21,26-27H,6H2,(H2,23,24,25)/t16-,21?/m1/s1. The number of nitrogens with one attached hydrogen (secondary N) is 3. The van der Waals surface area contributed by atoms with Crippen LogP contribution in [-0.4, -0.2) is 15.1 Å². The molecule has 0 amide bonds. The molecule has 0 fully saturated rings. The summed E-state index contributed by atoms with van der Waals surface area (Å²) in [4.78, 5) is 8.15. The molecular formula is C21H19N5OS. The van der Waals surface area contributed by atoms with Crippen molar-refractivity contribution in [2.75, 3.05) is 5.32 Å². The normalized spacial score (nSPS) is 13.1. The minimum absolute atomic E-state index is 0.256. The van der Waals surface area contributed by atoms with Gasteiger partial charge in [-0.2, -0.15) is 5.26 Å². The molecule has 140 valence electrons. The van der Waals surface area contributed by atoms with E-state index in [1.165, 1.54) is 11.3 Å². The number of pyridine rings is 1. The Bertz CT molecular complexity index is 1100. The van der Waals surface area contributed by atoms with E-state index in [-0.39, 0.29) is 12.5 Å². The Hall–Kier alpha value is -3.18. The largest absolute Gasteiger partial charge is 0.373 e. The van der Waals surface area contributed by atoms with E-state index in [9.17, 15) is 10.4 Å². The molecule has 4 rings (SSSR count). The Morgan fingerprint density at radius 1 is 1.14 bits per heavy atom. The van der Waals surface area contributed by atoms with Gasteiger partial charge in [-0.25, -0.2) is 4.98 Å². The molecule has 0 saturated heterocycles. The van der Waals surface area contributed by atoms with Crippen LogP contribution in [-0.2, 0) is 0 Å². The van der Waals surface area contributed by atoms with Gasteiger partial charge >= 0.3 is 0 Å². The molecule has 4 N–H and O–H groups in total. The third-order valence-electron chi connectivity index (χ3n) is 4.53. The Labute approximate surface area is 166 Å². The molecule has 0 aliphatic heterocycles. The SMILES string of the molecule is N#CC[C@@H](NC(O)c1sccc1Nc1ccnc2[nH]ccc12)c1ccccc1. The number of nitrogens with zero attached hydrogens (tertiary/aromatic N) is 2. The number of benzene rings is 1. The Morgan fingerprint density at radius 3 is 2.82 bits per heavy atom. The molecular weight excluding hydrogens is 370 g/mol. The van der Waals surface area contributed by atoms with E-state index in [0.717, 1.165) is 32.8 Å². The molecule has 0 bridgehead atoms. The average molecular weight is 389 g/mol. The van der Waals surface area contributed by atoms with Gasteiger partial charge in [-0.15, -0.1) is 11.3 Å². The number of aromatic amines is 1. The summed E-state index contributed by atoms with van der Waals surface area (Å²) in [5.41, 5.74) is 3.51. The van der Waals surface area contributed by atoms with E-state index >= 15 is 0 Å². The first-order valence-corrected chi connectivity index (χ1v) is 9.76. The van der Waals surface area contributed by atoms with E-state index in [4.69, 9.17) is 0 Å². The second-order valence-corrected chi connectivity index (χ2v) is 7.26. The molecule has 0 aliphatic rings. The van der Waals surface area contributed by atoms with Gasteiger partial charge in [0.05, 0.1) is 28.7 Å². The molecule has 2 atom stereocenters. The lowest BCUT2D eigenvalue weighted by Gasteiger charge is -2.21. The van der Waals surface area contributed by atoms with Crippen LogP contribution in [0.1, 0.15) is 29.1 Å². The molecule has 1 aromatic carbocycles. The highest BCUT2D eigenvalue weighted by atomic mass is 32.1. The van der Waals surface area contributed by atoms with Gasteiger partial charge in [0.15, 0.2) is 0 Å². The highest BCUT2D eigenvalue weighted by molar-refractivity contribution is 7.10. The number of fused-ring (bicyclic) bond motifs is 1. The van der Waals surface area contributed by atoms with Crippen LogP contribution in [0.25, 0.3) is 11.0 Å². The molecule has 28 heavy (non-hydrogen) atoms. The predicted molar refractivity (Wildman–Crippen MR) is 111 cm³/mol. The van der Waals surface area contributed by atoms with E-state index in [0.29, 0.717) is 0 Å². The van der Waals surface area contributed by atoms with Crippen LogP contribution in [0, 0.1) is 11.3 Å². The minimum atomic E-state index is -0.899. The van der Waals surface area contributed by atoms with Gasteiger partial charge in [-0.05, 0) is 29.1 Å². The minimum Gasteiger partial charge on any atom is -0.373 e. The number of hydrogen-bond donors (Lipinski definition) is 4. The van der Waals surface area contributed by atoms with Crippen molar-refractivity contribution in [3.63, 3.8) is 0 Å². The Morgan fingerprint density at radius 2 is 2.00 bits per heavy atom. The number of hydrogen-bond acceptors (Lipinski definition) is 6. The summed E-state index contributed by atoms with van der Waals surface area (Å²) < 4.78 is 0. The van der Waals surface area contributed by atoms with Crippen LogP contribution in [0.5, 0.6) is 0 Å². The summed E-state index contributed by atoms with van der Waals surface area (Å²) in [6.45, 7) is 0. The number of nitriles is 1. The number of anilines is 2. The molecule has 0 saturated carbocycles. The molecule has 3 heterocycles. The van der Waals surface area contributed by atoms with Gasteiger partial charge in [0.25, 0.3) is 0 Å². The lowest BCUT2D eigenvalue weighted by atomic mass is 10.0. The van der Waals surface area contributed by atoms with Gasteiger partial charge in [0.2, 0.25) is 0 Å². The third kappa shape index (κ3) is 3.75. The van der Waals surface area contributed by atoms with Crippen LogP contribution < -0.4 is 10.6 Å². The second kappa shape index (κ2) is 8.23. The van der Waals surface area contributed by atoms with Crippen LogP contribution >= 0.6 is 11.3 Å². The number of aromatic nitrogens is 2. The molecule has 0 spiro atoms. The monoisotopic (exact) mass is 389 g/mol. The fourth-order valence-electron chi connectivity index (χ4n) is 3.17. The number of thiophene rings is 1. The van der Waals surface area contributed by atoms with Crippen molar-refractivity contribution >= 4 is 33.7 Å². The lowest BCUT2D eigenvalue weighted by Crippen LogP contribution is -2.26. The first kappa shape index (κ1) is 18.2. The molecule has 3 aromatic heterocycles. The summed E-state index contributed by atoms with van der Waals surface area (Å²) in [6, 6.07) is 17.4. The summed E-state index contributed by atoms with van der Waals surface area (Å²) >= 11 is 1.46. The van der Waals surface area contributed by atoms with Crippen molar-refractivity contribution in [3.05, 3.63) is 76.7 Å². The predicted octanol–water partition coefficient (Wildman–Crippen LogP) is 4.60. The number of H-pyrrole nitrogens is 1. The van der Waals surface area contributed by atoms with Crippen molar-refractivity contribution < 1.29 is 5.11 Å². The maximum Gasteiger partial charge on any atom is 0.142 e. The quantitative estimate of drug-likeness (QED) is 0.346. The fourth-order valence-corrected chi connectivity index (χ4v) is 3.96. The smallest absolute Gasteiger partial charge is 0.142 e. The van der Waals surface area contributed by atoms with Crippen molar-refractivity contribution in [1.82, 2.24) is 15.3 Å². The number of aliphatic hydroxyl groups excluding tert-OH is 1. The first-order chi connectivity index (χ1) is 13.8. The van der Waals surface area contributed by atoms with Crippen LogP contribution in [0.2, 0.25) is 0 Å². The van der Waals surface area contributed by atoms with Gasteiger partial charge < -0.3 is 15.4 Å². The van der Waals surface area contributed by atoms with Crippen LogP contribution in [0.15, 0.2) is 66.3 Å². The summed E-state index contributed by atoms with van der Waals surface area (Å²) in [5.74, 6) is 0. The van der Waals surface area contributed by atoms with Crippen molar-refractivity contribution in [1.29, 1.82) is 5.26 Å². The zero-order valence-electron chi connectivity index (χ0n) is 15.0. The van der Waals surface area contributed by atoms with Gasteiger partial charge in [0.1, 0.15) is 11.9 Å². The highest BCUT2D eigenvalue weighted by Gasteiger charge is 2.20. The zero-order chi connectivity index (χ0) is 19.3. The fraction of sp³-hybridized carbons (Fsp3) is 0.143. The second-order valence-electron chi connectivity index (χ2n) is 6.32. The van der Waals surface area contributed by atoms with Crippen molar-refractivity contribution in [3.8, 4) is 6.07 Å². The molecule has 0 radical (unpaired) electrons. The Balaban J connectivity index is 1.56. The van der Waals surface area contributed by atoms with Gasteiger partial charge in [-0.1, -0.05) is 30.3 Å². The molecule has 0 aliphatic carbocycles. The van der Waals surface area contributed by atoms with Crippen LogP contribution in [0.3, 0.4) is 0 Å². The number of aliphatic hydroxyl groups is 1. The summed E-state index contributed by atoms with van der Waals surface area (Å²) in [5, 5.41) is 29.5. The molecule has 6 nitrogen and oxygen atoms in total. The van der Waals surface area contributed by atoms with Crippen LogP contribution in [0.4, 0.5) is 11.4 Å². The highest BCUT2D eigenvalue weighted by Crippen LogP contribution is 2.33. The molecule has 7 heteroatoms. The zero-order valence-corrected chi connectivity index (χ0v) is 15.8. The van der Waals surface area contributed by atoms with Gasteiger partial charge in [0, 0.05) is 23.8 Å². The average Bonchev–Trinajstić information content (AvgIpc) is 3.38. The maximum atomic E-state index is 10.8. The van der Waals surface area contributed by atoms with E-state index in [2.05, 4.69) is 26.7 Å². The molecule has 4 aromatic rings. The first-order valence-electron chi connectivity index (χ1n) is 8.89.